The van der Waals surface area contributed by atoms with Crippen LogP contribution in [0.1, 0.15) is 0 Å². The van der Waals surface area contributed by atoms with Gasteiger partial charge in [0.2, 0.25) is 5.88 Å². The number of rotatable bonds is 6. The van der Waals surface area contributed by atoms with E-state index in [0.29, 0.717) is 11.0 Å². The molecule has 0 N–H and O–H groups in total. The molecule has 0 saturated heterocycles. The fourth-order valence-electron chi connectivity index (χ4n) is 2.22. The Morgan fingerprint density at radius 2 is 1.88 bits per heavy atom. The minimum Gasteiger partial charge on any atom is -0.481 e. The van der Waals surface area contributed by atoms with Gasteiger partial charge in [-0.2, -0.15) is 5.10 Å². The highest BCUT2D eigenvalue weighted by atomic mass is 35.5. The molecule has 124 valence electrons. The molecule has 2 aromatic heterocycles. The van der Waals surface area contributed by atoms with Gasteiger partial charge in [0.15, 0.2) is 11.9 Å². The maximum Gasteiger partial charge on any atom is 0.213 e. The van der Waals surface area contributed by atoms with Gasteiger partial charge < -0.3 is 14.2 Å². The van der Waals surface area contributed by atoms with Crippen LogP contribution in [0, 0.1) is 0 Å². The summed E-state index contributed by atoms with van der Waals surface area (Å²) >= 11 is 6.11. The number of hydrogen-bond donors (Lipinski definition) is 0. The molecule has 0 aliphatic carbocycles. The second-order valence-electron chi connectivity index (χ2n) is 4.90. The first kappa shape index (κ1) is 16.3. The van der Waals surface area contributed by atoms with E-state index in [4.69, 9.17) is 25.8 Å². The Hall–Kier alpha value is -2.57. The lowest BCUT2D eigenvalue weighted by molar-refractivity contribution is 0.0511. The maximum absolute atomic E-state index is 6.11. The number of ether oxygens (including phenoxy) is 3. The van der Waals surface area contributed by atoms with Crippen LogP contribution in [0.25, 0.3) is 16.9 Å². The first-order valence-corrected chi connectivity index (χ1v) is 7.57. The lowest BCUT2D eigenvalue weighted by atomic mass is 10.1. The van der Waals surface area contributed by atoms with Crippen molar-refractivity contribution in [3.05, 3.63) is 53.8 Å². The van der Waals surface area contributed by atoms with Gasteiger partial charge in [0, 0.05) is 24.8 Å². The van der Waals surface area contributed by atoms with Crippen LogP contribution in [0.15, 0.2) is 48.7 Å². The van der Waals surface area contributed by atoms with Gasteiger partial charge in [0.25, 0.3) is 0 Å². The highest BCUT2D eigenvalue weighted by Gasteiger charge is 2.11. The Bertz CT molecular complexity index is 801. The predicted molar refractivity (Wildman–Crippen MR) is 90.9 cm³/mol. The van der Waals surface area contributed by atoms with Crippen LogP contribution in [0.3, 0.4) is 0 Å². The Morgan fingerprint density at radius 1 is 1.08 bits per heavy atom. The second-order valence-corrected chi connectivity index (χ2v) is 5.29. The third-order valence-corrected chi connectivity index (χ3v) is 3.53. The zero-order valence-electron chi connectivity index (χ0n) is 13.3. The third kappa shape index (κ3) is 3.50. The summed E-state index contributed by atoms with van der Waals surface area (Å²) in [4.78, 5) is 4.21. The van der Waals surface area contributed by atoms with Crippen LogP contribution < -0.4 is 9.47 Å². The van der Waals surface area contributed by atoms with E-state index in [1.54, 1.807) is 37.2 Å². The molecule has 0 bridgehead atoms. The maximum atomic E-state index is 6.11. The average Bonchev–Trinajstić information content (AvgIpc) is 3.02. The number of benzene rings is 1. The number of methoxy groups -OCH3 is 2. The van der Waals surface area contributed by atoms with Crippen LogP contribution in [-0.4, -0.2) is 35.8 Å². The summed E-state index contributed by atoms with van der Waals surface area (Å²) in [6.45, 7) is 0.209. The lowest BCUT2D eigenvalue weighted by Crippen LogP contribution is -2.01. The van der Waals surface area contributed by atoms with Crippen molar-refractivity contribution in [3.63, 3.8) is 0 Å². The van der Waals surface area contributed by atoms with Crippen molar-refractivity contribution in [2.45, 2.75) is 0 Å². The van der Waals surface area contributed by atoms with Crippen LogP contribution in [0.5, 0.6) is 11.6 Å². The molecular formula is C17H16ClN3O3. The number of nitrogens with zero attached hydrogens (tertiary/aromatic N) is 3. The SMILES string of the molecule is COCOc1ccc(-c2cc(Cl)nn2-c2ccc(OC)nc2)cc1. The standard InChI is InChI=1S/C17H16ClN3O3/c1-22-11-24-14-6-3-12(4-7-14)15-9-16(18)20-21(15)13-5-8-17(23-2)19-10-13/h3-10H,11H2,1-2H3. The summed E-state index contributed by atoms with van der Waals surface area (Å²) in [5, 5.41) is 4.74. The summed E-state index contributed by atoms with van der Waals surface area (Å²) in [7, 11) is 3.16. The Balaban J connectivity index is 1.93. The van der Waals surface area contributed by atoms with E-state index in [-0.39, 0.29) is 6.79 Å². The molecular weight excluding hydrogens is 330 g/mol. The van der Waals surface area contributed by atoms with E-state index in [1.165, 1.54) is 0 Å². The van der Waals surface area contributed by atoms with Crippen molar-refractivity contribution in [3.8, 4) is 28.6 Å². The molecule has 1 aromatic carbocycles. The molecule has 3 rings (SSSR count). The van der Waals surface area contributed by atoms with Gasteiger partial charge in [-0.3, -0.25) is 0 Å². The van der Waals surface area contributed by atoms with E-state index in [1.807, 2.05) is 30.3 Å². The van der Waals surface area contributed by atoms with Gasteiger partial charge >= 0.3 is 0 Å². The Kier molecular flexibility index (Phi) is 4.98. The molecule has 0 unspecified atom stereocenters. The molecule has 0 radical (unpaired) electrons. The van der Waals surface area contributed by atoms with Gasteiger partial charge in [0.05, 0.1) is 24.7 Å². The Morgan fingerprint density at radius 3 is 2.50 bits per heavy atom. The topological polar surface area (TPSA) is 58.4 Å². The van der Waals surface area contributed by atoms with Crippen LogP contribution >= 0.6 is 11.6 Å². The van der Waals surface area contributed by atoms with Crippen molar-refractivity contribution in [2.24, 2.45) is 0 Å². The minimum absolute atomic E-state index is 0.209. The van der Waals surface area contributed by atoms with Crippen molar-refractivity contribution in [1.82, 2.24) is 14.8 Å². The molecule has 0 aliphatic rings. The largest absolute Gasteiger partial charge is 0.481 e. The van der Waals surface area contributed by atoms with E-state index >= 15 is 0 Å². The fraction of sp³-hybridized carbons (Fsp3) is 0.176. The number of aromatic nitrogens is 3. The summed E-state index contributed by atoms with van der Waals surface area (Å²) in [5.41, 5.74) is 2.60. The normalized spacial score (nSPS) is 10.6. The molecule has 0 atom stereocenters. The van der Waals surface area contributed by atoms with E-state index < -0.39 is 0 Å². The monoisotopic (exact) mass is 345 g/mol. The summed E-state index contributed by atoms with van der Waals surface area (Å²) < 4.78 is 17.1. The van der Waals surface area contributed by atoms with Crippen LogP contribution in [0.4, 0.5) is 0 Å². The number of halogens is 1. The van der Waals surface area contributed by atoms with Gasteiger partial charge in [-0.25, -0.2) is 9.67 Å². The predicted octanol–water partition coefficient (Wildman–Crippen LogP) is 3.58. The molecule has 0 saturated carbocycles. The molecule has 0 fully saturated rings. The number of hydrogen-bond acceptors (Lipinski definition) is 5. The minimum atomic E-state index is 0.209. The summed E-state index contributed by atoms with van der Waals surface area (Å²) in [6.07, 6.45) is 1.68. The van der Waals surface area contributed by atoms with Crippen LogP contribution in [-0.2, 0) is 4.74 Å². The van der Waals surface area contributed by atoms with Gasteiger partial charge in [-0.05, 0) is 30.3 Å². The molecule has 0 amide bonds. The van der Waals surface area contributed by atoms with Crippen molar-refractivity contribution in [1.29, 1.82) is 0 Å². The quantitative estimate of drug-likeness (QED) is 0.639. The highest BCUT2D eigenvalue weighted by molar-refractivity contribution is 6.29. The molecule has 24 heavy (non-hydrogen) atoms. The van der Waals surface area contributed by atoms with Crippen molar-refractivity contribution >= 4 is 11.6 Å². The fourth-order valence-corrected chi connectivity index (χ4v) is 2.40. The van der Waals surface area contributed by atoms with Crippen molar-refractivity contribution in [2.75, 3.05) is 21.0 Å². The van der Waals surface area contributed by atoms with E-state index in [2.05, 4.69) is 10.1 Å². The van der Waals surface area contributed by atoms with Crippen molar-refractivity contribution < 1.29 is 14.2 Å². The molecule has 6 nitrogen and oxygen atoms in total. The zero-order valence-corrected chi connectivity index (χ0v) is 14.0. The van der Waals surface area contributed by atoms with Gasteiger partial charge in [-0.15, -0.1) is 0 Å². The molecule has 2 heterocycles. The lowest BCUT2D eigenvalue weighted by Gasteiger charge is -2.09. The Labute approximate surface area is 144 Å². The number of pyridine rings is 1. The third-order valence-electron chi connectivity index (χ3n) is 3.35. The second kappa shape index (κ2) is 7.33. The van der Waals surface area contributed by atoms with Crippen LogP contribution in [0.2, 0.25) is 5.15 Å². The average molecular weight is 346 g/mol. The van der Waals surface area contributed by atoms with E-state index in [0.717, 1.165) is 22.7 Å². The molecule has 0 aliphatic heterocycles. The summed E-state index contributed by atoms with van der Waals surface area (Å²) in [6, 6.07) is 13.1. The molecule has 0 spiro atoms. The first-order chi connectivity index (χ1) is 11.7. The van der Waals surface area contributed by atoms with E-state index in [9.17, 15) is 0 Å². The molecule has 7 heteroatoms. The first-order valence-electron chi connectivity index (χ1n) is 7.19. The highest BCUT2D eigenvalue weighted by Crippen LogP contribution is 2.27. The summed E-state index contributed by atoms with van der Waals surface area (Å²) in [5.74, 6) is 1.27. The smallest absolute Gasteiger partial charge is 0.213 e. The molecule has 3 aromatic rings. The van der Waals surface area contributed by atoms with Gasteiger partial charge in [0.1, 0.15) is 5.75 Å². The van der Waals surface area contributed by atoms with Gasteiger partial charge in [-0.1, -0.05) is 11.6 Å². The zero-order chi connectivity index (χ0) is 16.9.